The Morgan fingerprint density at radius 1 is 1.28 bits per heavy atom. The van der Waals surface area contributed by atoms with E-state index in [0.29, 0.717) is 6.61 Å². The number of nitrogens with zero attached hydrogens (tertiary/aromatic N) is 1. The fourth-order valence-electron chi connectivity index (χ4n) is 2.57. The first-order valence-corrected chi connectivity index (χ1v) is 9.11. The van der Waals surface area contributed by atoms with E-state index in [-0.39, 0.29) is 17.6 Å². The summed E-state index contributed by atoms with van der Waals surface area (Å²) < 4.78 is 19.1. The Morgan fingerprint density at radius 2 is 1.96 bits per heavy atom. The second kappa shape index (κ2) is 11.6. The maximum absolute atomic E-state index is 13.7. The third-order valence-electron chi connectivity index (χ3n) is 4.11. The quantitative estimate of drug-likeness (QED) is 0.528. The minimum atomic E-state index is -0.564. The van der Waals surface area contributed by atoms with Gasteiger partial charge in [0.15, 0.2) is 0 Å². The van der Waals surface area contributed by atoms with Crippen molar-refractivity contribution in [1.29, 1.82) is 0 Å². The number of aliphatic imine (C=N–C) groups is 1. The minimum absolute atomic E-state index is 0.0207. The largest absolute Gasteiger partial charge is 0.465 e. The summed E-state index contributed by atoms with van der Waals surface area (Å²) in [4.78, 5) is 18.2. The predicted molar refractivity (Wildman–Crippen MR) is 98.5 cm³/mol. The standard InChI is InChI=1S/C19H30FN3O2/c1-5-23(6-2)14-10-11-15(4)21-19(25-7-3)22-18(24)16-12-8-9-13-17(16)20/h8-9,12-13,15H,5-7,10-11,14H2,1-4H3,(H,21,22,24)/p+1/t15-/m0/s1. The molecule has 0 aliphatic heterocycles. The Morgan fingerprint density at radius 3 is 2.56 bits per heavy atom. The molecule has 1 rings (SSSR count). The van der Waals surface area contributed by atoms with E-state index in [0.717, 1.165) is 32.5 Å². The third kappa shape index (κ3) is 7.65. The molecular formula is C19H31FN3O2+. The number of rotatable bonds is 9. The molecule has 0 heterocycles. The maximum atomic E-state index is 13.7. The Hall–Kier alpha value is -1.95. The van der Waals surface area contributed by atoms with Crippen molar-refractivity contribution in [2.75, 3.05) is 26.2 Å². The average molecular weight is 352 g/mol. The van der Waals surface area contributed by atoms with Crippen LogP contribution < -0.4 is 10.2 Å². The topological polar surface area (TPSA) is 55.1 Å². The van der Waals surface area contributed by atoms with E-state index in [9.17, 15) is 9.18 Å². The second-order valence-corrected chi connectivity index (χ2v) is 6.00. The van der Waals surface area contributed by atoms with Gasteiger partial charge in [-0.05, 0) is 52.7 Å². The van der Waals surface area contributed by atoms with Gasteiger partial charge in [-0.15, -0.1) is 0 Å². The molecule has 1 aromatic rings. The van der Waals surface area contributed by atoms with Gasteiger partial charge in [-0.2, -0.15) is 0 Å². The van der Waals surface area contributed by atoms with Gasteiger partial charge >= 0.3 is 0 Å². The summed E-state index contributed by atoms with van der Waals surface area (Å²) in [5.41, 5.74) is -0.0207. The number of carbonyl (C=O) groups excluding carboxylic acids is 1. The monoisotopic (exact) mass is 352 g/mol. The van der Waals surface area contributed by atoms with Crippen LogP contribution in [-0.4, -0.2) is 44.2 Å². The fraction of sp³-hybridized carbons (Fsp3) is 0.579. The molecule has 0 unspecified atom stereocenters. The van der Waals surface area contributed by atoms with Crippen LogP contribution in [0.25, 0.3) is 0 Å². The van der Waals surface area contributed by atoms with Crippen molar-refractivity contribution in [3.63, 3.8) is 0 Å². The van der Waals surface area contributed by atoms with E-state index < -0.39 is 11.7 Å². The summed E-state index contributed by atoms with van der Waals surface area (Å²) in [6.45, 7) is 11.9. The van der Waals surface area contributed by atoms with Crippen LogP contribution in [0.5, 0.6) is 0 Å². The molecule has 25 heavy (non-hydrogen) atoms. The van der Waals surface area contributed by atoms with Gasteiger partial charge in [-0.25, -0.2) is 9.38 Å². The summed E-state index contributed by atoms with van der Waals surface area (Å²) >= 11 is 0. The molecule has 0 aliphatic carbocycles. The van der Waals surface area contributed by atoms with Crippen molar-refractivity contribution < 1.29 is 18.8 Å². The first kappa shape index (κ1) is 21.1. The molecule has 0 aromatic heterocycles. The number of carbonyl (C=O) groups is 1. The van der Waals surface area contributed by atoms with Gasteiger partial charge in [0.2, 0.25) is 0 Å². The fourth-order valence-corrected chi connectivity index (χ4v) is 2.57. The molecule has 0 aliphatic rings. The Labute approximate surface area is 150 Å². The van der Waals surface area contributed by atoms with Crippen LogP contribution in [0.15, 0.2) is 29.3 Å². The highest BCUT2D eigenvalue weighted by Crippen LogP contribution is 2.06. The molecule has 1 atom stereocenters. The van der Waals surface area contributed by atoms with Crippen molar-refractivity contribution in [2.45, 2.75) is 46.6 Å². The van der Waals surface area contributed by atoms with Gasteiger partial charge in [0, 0.05) is 0 Å². The van der Waals surface area contributed by atoms with E-state index in [2.05, 4.69) is 24.2 Å². The molecule has 5 nitrogen and oxygen atoms in total. The summed E-state index contributed by atoms with van der Waals surface area (Å²) in [6.07, 6.45) is 1.97. The number of halogens is 1. The third-order valence-corrected chi connectivity index (χ3v) is 4.11. The minimum Gasteiger partial charge on any atom is -0.465 e. The highest BCUT2D eigenvalue weighted by Gasteiger charge is 2.15. The average Bonchev–Trinajstić information content (AvgIpc) is 2.59. The van der Waals surface area contributed by atoms with Crippen LogP contribution in [0, 0.1) is 5.82 Å². The summed E-state index contributed by atoms with van der Waals surface area (Å²) in [6, 6.07) is 6.03. The van der Waals surface area contributed by atoms with Crippen LogP contribution in [0.3, 0.4) is 0 Å². The van der Waals surface area contributed by atoms with E-state index in [1.807, 2.05) is 13.8 Å². The van der Waals surface area contributed by atoms with E-state index in [1.165, 1.54) is 12.1 Å². The van der Waals surface area contributed by atoms with Crippen molar-refractivity contribution >= 4 is 11.9 Å². The van der Waals surface area contributed by atoms with E-state index in [4.69, 9.17) is 4.74 Å². The van der Waals surface area contributed by atoms with Crippen LogP contribution in [-0.2, 0) is 4.74 Å². The van der Waals surface area contributed by atoms with E-state index >= 15 is 0 Å². The molecular weight excluding hydrogens is 321 g/mol. The molecule has 0 saturated heterocycles. The molecule has 1 amide bonds. The zero-order valence-electron chi connectivity index (χ0n) is 15.8. The Bertz CT molecular complexity index is 559. The van der Waals surface area contributed by atoms with Gasteiger partial charge in [0.05, 0.1) is 37.8 Å². The molecule has 1 aromatic carbocycles. The van der Waals surface area contributed by atoms with E-state index in [1.54, 1.807) is 17.0 Å². The van der Waals surface area contributed by atoms with Crippen LogP contribution in [0.1, 0.15) is 50.9 Å². The molecule has 140 valence electrons. The lowest BCUT2D eigenvalue weighted by Gasteiger charge is -2.16. The van der Waals surface area contributed by atoms with Crippen molar-refractivity contribution in [3.05, 3.63) is 35.6 Å². The number of amidine groups is 1. The van der Waals surface area contributed by atoms with Gasteiger partial charge in [-0.1, -0.05) is 12.1 Å². The van der Waals surface area contributed by atoms with Gasteiger partial charge in [0.25, 0.3) is 11.9 Å². The highest BCUT2D eigenvalue weighted by atomic mass is 19.1. The van der Waals surface area contributed by atoms with Crippen LogP contribution in [0.4, 0.5) is 4.39 Å². The van der Waals surface area contributed by atoms with Crippen molar-refractivity contribution in [1.82, 2.24) is 5.32 Å². The Balaban J connectivity index is 2.63. The van der Waals surface area contributed by atoms with Crippen molar-refractivity contribution in [3.8, 4) is 0 Å². The Kier molecular flexibility index (Phi) is 9.77. The number of nitrogens with one attached hydrogen (secondary N) is 2. The van der Waals surface area contributed by atoms with Crippen LogP contribution >= 0.6 is 0 Å². The summed E-state index contributed by atoms with van der Waals surface area (Å²) in [5, 5.41) is 2.57. The molecule has 2 N–H and O–H groups in total. The first-order valence-electron chi connectivity index (χ1n) is 9.11. The molecule has 0 fully saturated rings. The molecule has 6 heteroatoms. The van der Waals surface area contributed by atoms with Gasteiger partial charge in [-0.3, -0.25) is 10.1 Å². The SMILES string of the molecule is CCOC(=N[C@@H](C)CCC[NH+](CC)CC)NC(=O)c1ccccc1F. The molecule has 0 radical (unpaired) electrons. The number of hydrogen-bond donors (Lipinski definition) is 2. The molecule has 0 spiro atoms. The van der Waals surface area contributed by atoms with Crippen LogP contribution in [0.2, 0.25) is 0 Å². The lowest BCUT2D eigenvalue weighted by Crippen LogP contribution is -3.11. The smallest absolute Gasteiger partial charge is 0.291 e. The zero-order valence-corrected chi connectivity index (χ0v) is 15.8. The van der Waals surface area contributed by atoms with Gasteiger partial charge < -0.3 is 9.64 Å². The molecule has 0 saturated carbocycles. The number of ether oxygens (including phenoxy) is 1. The second-order valence-electron chi connectivity index (χ2n) is 6.00. The predicted octanol–water partition coefficient (Wildman–Crippen LogP) is 2.04. The lowest BCUT2D eigenvalue weighted by molar-refractivity contribution is -0.896. The summed E-state index contributed by atoms with van der Waals surface area (Å²) in [7, 11) is 0. The number of hydrogen-bond acceptors (Lipinski definition) is 3. The lowest BCUT2D eigenvalue weighted by atomic mass is 10.2. The maximum Gasteiger partial charge on any atom is 0.291 e. The first-order chi connectivity index (χ1) is 12.0. The summed E-state index contributed by atoms with van der Waals surface area (Å²) in [5.74, 6) is -1.11. The number of amides is 1. The number of quaternary nitrogens is 1. The normalized spacial score (nSPS) is 13.0. The van der Waals surface area contributed by atoms with Crippen molar-refractivity contribution in [2.24, 2.45) is 4.99 Å². The highest BCUT2D eigenvalue weighted by molar-refractivity contribution is 6.04. The number of benzene rings is 1. The zero-order chi connectivity index (χ0) is 18.7. The molecule has 0 bridgehead atoms. The van der Waals surface area contributed by atoms with Gasteiger partial charge in [0.1, 0.15) is 5.82 Å².